The highest BCUT2D eigenvalue weighted by Crippen LogP contribution is 2.10. The minimum Gasteiger partial charge on any atom is -0.478 e. The summed E-state index contributed by atoms with van der Waals surface area (Å²) in [5, 5.41) is 8.92. The van der Waals surface area contributed by atoms with Crippen LogP contribution >= 0.6 is 0 Å². The van der Waals surface area contributed by atoms with Crippen molar-refractivity contribution in [3.05, 3.63) is 59.2 Å². The Bertz CT molecular complexity index is 640. The summed E-state index contributed by atoms with van der Waals surface area (Å²) in [6, 6.07) is 4.87. The Hall–Kier alpha value is -2.67. The van der Waals surface area contributed by atoms with E-state index >= 15 is 0 Å². The highest BCUT2D eigenvalue weighted by molar-refractivity contribution is 5.88. The first-order valence-corrected chi connectivity index (χ1v) is 5.28. The van der Waals surface area contributed by atoms with Crippen LogP contribution < -0.4 is 0 Å². The Labute approximate surface area is 104 Å². The maximum absolute atomic E-state index is 10.9. The molecule has 2 rings (SSSR count). The smallest absolute Gasteiger partial charge is 0.335 e. The Morgan fingerprint density at radius 1 is 1.22 bits per heavy atom. The monoisotopic (exact) mass is 238 g/mol. The molecule has 0 saturated heterocycles. The van der Waals surface area contributed by atoms with Crippen LogP contribution in [0.25, 0.3) is 0 Å². The summed E-state index contributed by atoms with van der Waals surface area (Å²) < 4.78 is 0. The van der Waals surface area contributed by atoms with Gasteiger partial charge in [-0.3, -0.25) is 0 Å². The average molecular weight is 238 g/mol. The standard InChI is InChI=1S/C14H10N2O2/c1-10-2-4-13(14(17)18)6-12(10)5-3-11-7-15-9-16-8-11/h2,4,6-9H,1H3,(H,17,18). The van der Waals surface area contributed by atoms with Crippen LogP contribution in [0.1, 0.15) is 27.0 Å². The predicted molar refractivity (Wildman–Crippen MR) is 66.2 cm³/mol. The van der Waals surface area contributed by atoms with Gasteiger partial charge in [-0.05, 0) is 24.6 Å². The predicted octanol–water partition coefficient (Wildman–Crippen LogP) is 1.88. The molecule has 1 aromatic heterocycles. The van der Waals surface area contributed by atoms with E-state index in [4.69, 9.17) is 5.11 Å². The first kappa shape index (κ1) is 11.8. The first-order chi connectivity index (χ1) is 8.66. The van der Waals surface area contributed by atoms with Crippen LogP contribution in [0.2, 0.25) is 0 Å². The number of benzene rings is 1. The van der Waals surface area contributed by atoms with E-state index in [2.05, 4.69) is 21.8 Å². The van der Waals surface area contributed by atoms with Crippen LogP contribution in [0.5, 0.6) is 0 Å². The normalized spacial score (nSPS) is 9.39. The van der Waals surface area contributed by atoms with Gasteiger partial charge in [0.25, 0.3) is 0 Å². The molecule has 0 aliphatic carbocycles. The highest BCUT2D eigenvalue weighted by atomic mass is 16.4. The first-order valence-electron chi connectivity index (χ1n) is 5.28. The molecule has 1 heterocycles. The fourth-order valence-electron chi connectivity index (χ4n) is 1.39. The molecule has 0 radical (unpaired) electrons. The molecule has 18 heavy (non-hydrogen) atoms. The van der Waals surface area contributed by atoms with Crippen molar-refractivity contribution in [1.82, 2.24) is 9.97 Å². The van der Waals surface area contributed by atoms with Gasteiger partial charge >= 0.3 is 5.97 Å². The zero-order chi connectivity index (χ0) is 13.0. The topological polar surface area (TPSA) is 63.1 Å². The molecule has 4 nitrogen and oxygen atoms in total. The van der Waals surface area contributed by atoms with Crippen LogP contribution in [-0.2, 0) is 0 Å². The number of aryl methyl sites for hydroxylation is 1. The minimum absolute atomic E-state index is 0.231. The van der Waals surface area contributed by atoms with Gasteiger partial charge in [-0.1, -0.05) is 17.9 Å². The van der Waals surface area contributed by atoms with E-state index in [1.807, 2.05) is 6.92 Å². The quantitative estimate of drug-likeness (QED) is 0.770. The molecule has 0 saturated carbocycles. The van der Waals surface area contributed by atoms with E-state index in [0.29, 0.717) is 11.1 Å². The van der Waals surface area contributed by atoms with Crippen molar-refractivity contribution in [2.75, 3.05) is 0 Å². The van der Waals surface area contributed by atoms with Crippen molar-refractivity contribution < 1.29 is 9.90 Å². The Morgan fingerprint density at radius 3 is 2.61 bits per heavy atom. The second-order valence-electron chi connectivity index (χ2n) is 3.71. The largest absolute Gasteiger partial charge is 0.478 e. The molecular formula is C14H10N2O2. The van der Waals surface area contributed by atoms with Crippen molar-refractivity contribution in [3.8, 4) is 11.8 Å². The minimum atomic E-state index is -0.957. The summed E-state index contributed by atoms with van der Waals surface area (Å²) in [6.07, 6.45) is 4.65. The number of hydrogen-bond acceptors (Lipinski definition) is 3. The lowest BCUT2D eigenvalue weighted by molar-refractivity contribution is 0.0697. The molecule has 0 unspecified atom stereocenters. The maximum Gasteiger partial charge on any atom is 0.335 e. The van der Waals surface area contributed by atoms with Crippen molar-refractivity contribution in [2.24, 2.45) is 0 Å². The summed E-state index contributed by atoms with van der Waals surface area (Å²) in [5.41, 5.74) is 2.55. The third-order valence-electron chi connectivity index (χ3n) is 2.39. The molecule has 2 aromatic rings. The van der Waals surface area contributed by atoms with Crippen LogP contribution in [0.3, 0.4) is 0 Å². The van der Waals surface area contributed by atoms with Gasteiger partial charge in [0.1, 0.15) is 6.33 Å². The fraction of sp³-hybridized carbons (Fsp3) is 0.0714. The van der Waals surface area contributed by atoms with Crippen molar-refractivity contribution in [2.45, 2.75) is 6.92 Å². The van der Waals surface area contributed by atoms with E-state index in [9.17, 15) is 4.79 Å². The number of carboxylic acids is 1. The molecular weight excluding hydrogens is 228 g/mol. The van der Waals surface area contributed by atoms with Gasteiger partial charge in [-0.25, -0.2) is 14.8 Å². The molecule has 0 spiro atoms. The van der Waals surface area contributed by atoms with E-state index in [-0.39, 0.29) is 5.56 Å². The van der Waals surface area contributed by atoms with Gasteiger partial charge < -0.3 is 5.11 Å². The second-order valence-corrected chi connectivity index (χ2v) is 3.71. The van der Waals surface area contributed by atoms with Crippen LogP contribution in [0.15, 0.2) is 36.9 Å². The average Bonchev–Trinajstić information content (AvgIpc) is 2.38. The zero-order valence-electron chi connectivity index (χ0n) is 9.71. The number of aromatic nitrogens is 2. The maximum atomic E-state index is 10.9. The van der Waals surface area contributed by atoms with Crippen LogP contribution in [0, 0.1) is 18.8 Å². The van der Waals surface area contributed by atoms with Crippen LogP contribution in [-0.4, -0.2) is 21.0 Å². The van der Waals surface area contributed by atoms with E-state index in [0.717, 1.165) is 5.56 Å². The SMILES string of the molecule is Cc1ccc(C(=O)O)cc1C#Cc1cncnc1. The molecule has 4 heteroatoms. The van der Waals surface area contributed by atoms with Crippen LogP contribution in [0.4, 0.5) is 0 Å². The summed E-state index contributed by atoms with van der Waals surface area (Å²) in [6.45, 7) is 1.89. The molecule has 0 aliphatic rings. The highest BCUT2D eigenvalue weighted by Gasteiger charge is 2.04. The summed E-state index contributed by atoms with van der Waals surface area (Å²) in [5.74, 6) is 4.87. The summed E-state index contributed by atoms with van der Waals surface area (Å²) >= 11 is 0. The Kier molecular flexibility index (Phi) is 3.35. The van der Waals surface area contributed by atoms with E-state index in [1.165, 1.54) is 6.33 Å². The van der Waals surface area contributed by atoms with Gasteiger partial charge in [0.15, 0.2) is 0 Å². The number of carboxylic acid groups (broad SMARTS) is 1. The molecule has 0 fully saturated rings. The second kappa shape index (κ2) is 5.11. The molecule has 88 valence electrons. The van der Waals surface area contributed by atoms with Crippen molar-refractivity contribution in [3.63, 3.8) is 0 Å². The summed E-state index contributed by atoms with van der Waals surface area (Å²) in [7, 11) is 0. The lowest BCUT2D eigenvalue weighted by Gasteiger charge is -1.99. The fourth-order valence-corrected chi connectivity index (χ4v) is 1.39. The molecule has 0 aliphatic heterocycles. The van der Waals surface area contributed by atoms with Gasteiger partial charge in [0.2, 0.25) is 0 Å². The lowest BCUT2D eigenvalue weighted by atomic mass is 10.1. The molecule has 0 atom stereocenters. The van der Waals surface area contributed by atoms with Gasteiger partial charge in [0.05, 0.1) is 11.1 Å². The van der Waals surface area contributed by atoms with E-state index in [1.54, 1.807) is 30.6 Å². The third kappa shape index (κ3) is 2.71. The van der Waals surface area contributed by atoms with E-state index < -0.39 is 5.97 Å². The molecule has 1 N–H and O–H groups in total. The lowest BCUT2D eigenvalue weighted by Crippen LogP contribution is -1.97. The summed E-state index contributed by atoms with van der Waals surface area (Å²) in [4.78, 5) is 18.6. The van der Waals surface area contributed by atoms with Crippen molar-refractivity contribution in [1.29, 1.82) is 0 Å². The molecule has 0 bridgehead atoms. The number of rotatable bonds is 1. The van der Waals surface area contributed by atoms with Crippen molar-refractivity contribution >= 4 is 5.97 Å². The molecule has 1 aromatic carbocycles. The number of nitrogens with zero attached hydrogens (tertiary/aromatic N) is 2. The number of hydrogen-bond donors (Lipinski definition) is 1. The third-order valence-corrected chi connectivity index (χ3v) is 2.39. The van der Waals surface area contributed by atoms with Gasteiger partial charge in [-0.2, -0.15) is 0 Å². The number of carbonyl (C=O) groups is 1. The Balaban J connectivity index is 2.38. The Morgan fingerprint density at radius 2 is 1.94 bits per heavy atom. The zero-order valence-corrected chi connectivity index (χ0v) is 9.71. The van der Waals surface area contributed by atoms with Gasteiger partial charge in [0, 0.05) is 18.0 Å². The molecule has 0 amide bonds. The number of aromatic carboxylic acids is 1. The van der Waals surface area contributed by atoms with Gasteiger partial charge in [-0.15, -0.1) is 0 Å².